The van der Waals surface area contributed by atoms with E-state index in [1.165, 1.54) is 11.0 Å². The average molecular weight is 512 g/mol. The molecular formula is C27H33N3O5S. The highest BCUT2D eigenvalue weighted by atomic mass is 32.2. The first-order valence-electron chi connectivity index (χ1n) is 11.9. The molecule has 0 aliphatic rings. The maximum absolute atomic E-state index is 12.8. The molecule has 0 aromatic heterocycles. The highest BCUT2D eigenvalue weighted by molar-refractivity contribution is 7.89. The Labute approximate surface area is 213 Å². The number of nitrogens with zero attached hydrogens (tertiary/aromatic N) is 1. The smallest absolute Gasteiger partial charge is 0.410 e. The fraction of sp³-hybridized carbons (Fsp3) is 0.296. The monoisotopic (exact) mass is 511 g/mol. The van der Waals surface area contributed by atoms with Crippen LogP contribution >= 0.6 is 0 Å². The van der Waals surface area contributed by atoms with Crippen LogP contribution in [-0.4, -0.2) is 32.6 Å². The number of nitrogens with two attached hydrogens (primary N) is 1. The second kappa shape index (κ2) is 12.9. The number of anilines is 1. The van der Waals surface area contributed by atoms with Gasteiger partial charge in [-0.25, -0.2) is 18.4 Å². The molecule has 3 rings (SSSR count). The van der Waals surface area contributed by atoms with E-state index in [0.29, 0.717) is 30.1 Å². The zero-order chi connectivity index (χ0) is 26.0. The normalized spacial score (nSPS) is 11.1. The summed E-state index contributed by atoms with van der Waals surface area (Å²) in [5.41, 5.74) is 1.97. The lowest BCUT2D eigenvalue weighted by molar-refractivity contribution is 0.102. The number of sulfonamides is 1. The minimum absolute atomic E-state index is 0.115. The molecule has 0 saturated carbocycles. The molecule has 0 fully saturated rings. The summed E-state index contributed by atoms with van der Waals surface area (Å²) in [6, 6.07) is 21.7. The van der Waals surface area contributed by atoms with E-state index < -0.39 is 16.1 Å². The van der Waals surface area contributed by atoms with Crippen LogP contribution in [0.3, 0.4) is 0 Å². The van der Waals surface area contributed by atoms with Gasteiger partial charge in [-0.3, -0.25) is 4.90 Å². The van der Waals surface area contributed by atoms with Crippen LogP contribution in [-0.2, 0) is 27.8 Å². The van der Waals surface area contributed by atoms with E-state index in [0.717, 1.165) is 18.4 Å². The summed E-state index contributed by atoms with van der Waals surface area (Å²) < 4.78 is 36.6. The maximum atomic E-state index is 12.8. The van der Waals surface area contributed by atoms with E-state index in [2.05, 4.69) is 12.2 Å². The van der Waals surface area contributed by atoms with Crippen LogP contribution in [0.1, 0.15) is 37.8 Å². The molecule has 0 radical (unpaired) electrons. The van der Waals surface area contributed by atoms with Crippen LogP contribution in [0, 0.1) is 0 Å². The average Bonchev–Trinajstić information content (AvgIpc) is 2.86. The predicted molar refractivity (Wildman–Crippen MR) is 140 cm³/mol. The van der Waals surface area contributed by atoms with Crippen molar-refractivity contribution in [2.75, 3.05) is 18.5 Å². The van der Waals surface area contributed by atoms with Crippen LogP contribution in [0.15, 0.2) is 77.7 Å². The zero-order valence-corrected chi connectivity index (χ0v) is 21.5. The topological polar surface area (TPSA) is 111 Å². The van der Waals surface area contributed by atoms with Crippen LogP contribution in [0.2, 0.25) is 0 Å². The molecule has 0 atom stereocenters. The van der Waals surface area contributed by atoms with Gasteiger partial charge in [-0.05, 0) is 48.7 Å². The summed E-state index contributed by atoms with van der Waals surface area (Å²) in [5, 5.41) is 8.91. The minimum atomic E-state index is -4.15. The van der Waals surface area contributed by atoms with Crippen molar-refractivity contribution >= 4 is 21.8 Å². The molecule has 0 heterocycles. The molecule has 0 bridgehead atoms. The molecule has 9 heteroatoms. The van der Waals surface area contributed by atoms with Crippen LogP contribution in [0.25, 0.3) is 0 Å². The largest absolute Gasteiger partial charge is 0.454 e. The molecule has 0 saturated heterocycles. The summed E-state index contributed by atoms with van der Waals surface area (Å²) in [5.74, 6) is 0.597. The summed E-state index contributed by atoms with van der Waals surface area (Å²) in [6.07, 6.45) is 1.34. The quantitative estimate of drug-likeness (QED) is 0.311. The third kappa shape index (κ3) is 7.73. The number of rotatable bonds is 12. The summed E-state index contributed by atoms with van der Waals surface area (Å²) >= 11 is 0. The van der Waals surface area contributed by atoms with E-state index in [1.54, 1.807) is 37.3 Å². The van der Waals surface area contributed by atoms with E-state index in [4.69, 9.17) is 14.6 Å². The van der Waals surface area contributed by atoms with Crippen molar-refractivity contribution in [3.8, 4) is 11.5 Å². The van der Waals surface area contributed by atoms with Crippen molar-refractivity contribution < 1.29 is 22.7 Å². The number of carbonyl (C=O) groups excluding carboxylic acids is 1. The molecule has 1 amide bonds. The van der Waals surface area contributed by atoms with Gasteiger partial charge in [0.25, 0.3) is 0 Å². The molecule has 3 N–H and O–H groups in total. The third-order valence-corrected chi connectivity index (χ3v) is 6.26. The number of unbranched alkanes of at least 4 members (excludes halogenated alkanes) is 1. The van der Waals surface area contributed by atoms with Gasteiger partial charge in [0, 0.05) is 19.6 Å². The Morgan fingerprint density at radius 2 is 1.58 bits per heavy atom. The van der Waals surface area contributed by atoms with Crippen LogP contribution in [0.5, 0.6) is 11.5 Å². The van der Waals surface area contributed by atoms with Gasteiger partial charge in [0.05, 0.1) is 12.3 Å². The third-order valence-electron chi connectivity index (χ3n) is 5.35. The summed E-state index contributed by atoms with van der Waals surface area (Å²) in [4.78, 5) is 14.1. The van der Waals surface area contributed by atoms with Gasteiger partial charge >= 0.3 is 6.09 Å². The van der Waals surface area contributed by atoms with Gasteiger partial charge in [0.1, 0.15) is 10.6 Å². The van der Waals surface area contributed by atoms with Gasteiger partial charge in [-0.1, -0.05) is 61.9 Å². The van der Waals surface area contributed by atoms with Crippen molar-refractivity contribution in [1.29, 1.82) is 0 Å². The van der Waals surface area contributed by atoms with Crippen molar-refractivity contribution in [1.82, 2.24) is 4.90 Å². The van der Waals surface area contributed by atoms with Gasteiger partial charge in [0.15, 0.2) is 5.75 Å². The SMILES string of the molecule is CCCCNc1cc(CN(Cc2ccccc2)C(=O)OCC)cc(S(N)(=O)=O)c1Oc1ccccc1. The minimum Gasteiger partial charge on any atom is -0.454 e. The van der Waals surface area contributed by atoms with Crippen LogP contribution in [0.4, 0.5) is 10.5 Å². The molecule has 36 heavy (non-hydrogen) atoms. The summed E-state index contributed by atoms with van der Waals surface area (Å²) in [7, 11) is -4.15. The molecule has 3 aromatic rings. The molecule has 0 aliphatic heterocycles. The maximum Gasteiger partial charge on any atom is 0.410 e. The Bertz CT molecular complexity index is 1240. The van der Waals surface area contributed by atoms with Crippen molar-refractivity contribution in [2.45, 2.75) is 44.7 Å². The number of hydrogen-bond acceptors (Lipinski definition) is 6. The predicted octanol–water partition coefficient (Wildman–Crippen LogP) is 5.50. The Kier molecular flexibility index (Phi) is 9.72. The number of hydrogen-bond donors (Lipinski definition) is 2. The van der Waals surface area contributed by atoms with Crippen molar-refractivity contribution in [2.24, 2.45) is 5.14 Å². The second-order valence-corrected chi connectivity index (χ2v) is 9.78. The lowest BCUT2D eigenvalue weighted by atomic mass is 10.1. The fourth-order valence-corrected chi connectivity index (χ4v) is 4.35. The Balaban J connectivity index is 2.04. The zero-order valence-electron chi connectivity index (χ0n) is 20.6. The van der Waals surface area contributed by atoms with Gasteiger partial charge < -0.3 is 14.8 Å². The molecular weight excluding hydrogens is 478 g/mol. The van der Waals surface area contributed by atoms with Gasteiger partial charge in [-0.15, -0.1) is 0 Å². The fourth-order valence-electron chi connectivity index (χ4n) is 3.63. The number of carbonyl (C=O) groups is 1. The van der Waals surface area contributed by atoms with Crippen molar-refractivity contribution in [3.63, 3.8) is 0 Å². The Hall–Kier alpha value is -3.56. The Morgan fingerprint density at radius 3 is 2.19 bits per heavy atom. The standard InChI is InChI=1S/C27H33N3O5S/c1-3-5-16-29-24-17-22(20-30(27(31)34-4-2)19-21-12-8-6-9-13-21)18-25(36(28,32)33)26(24)35-23-14-10-7-11-15-23/h6-15,17-18,29H,3-5,16,19-20H2,1-2H3,(H2,28,32,33). The molecule has 3 aromatic carbocycles. The number of benzene rings is 3. The molecule has 0 unspecified atom stereocenters. The number of amides is 1. The number of ether oxygens (including phenoxy) is 2. The molecule has 192 valence electrons. The summed E-state index contributed by atoms with van der Waals surface area (Å²) in [6.45, 7) is 5.05. The lowest BCUT2D eigenvalue weighted by Crippen LogP contribution is -2.31. The van der Waals surface area contributed by atoms with Crippen LogP contribution < -0.4 is 15.2 Å². The van der Waals surface area contributed by atoms with E-state index in [1.807, 2.05) is 36.4 Å². The van der Waals surface area contributed by atoms with Gasteiger partial charge in [-0.2, -0.15) is 0 Å². The number of primary sulfonamides is 1. The molecule has 0 spiro atoms. The molecule has 8 nitrogen and oxygen atoms in total. The highest BCUT2D eigenvalue weighted by Crippen LogP contribution is 2.37. The van der Waals surface area contributed by atoms with Crippen molar-refractivity contribution in [3.05, 3.63) is 83.9 Å². The first-order valence-corrected chi connectivity index (χ1v) is 13.5. The first-order chi connectivity index (χ1) is 17.3. The Morgan fingerprint density at radius 1 is 0.944 bits per heavy atom. The molecule has 0 aliphatic carbocycles. The van der Waals surface area contributed by atoms with E-state index in [-0.39, 0.29) is 23.8 Å². The second-order valence-electron chi connectivity index (χ2n) is 8.25. The van der Waals surface area contributed by atoms with E-state index in [9.17, 15) is 13.2 Å². The highest BCUT2D eigenvalue weighted by Gasteiger charge is 2.24. The van der Waals surface area contributed by atoms with E-state index >= 15 is 0 Å². The van der Waals surface area contributed by atoms with Gasteiger partial charge in [0.2, 0.25) is 10.0 Å². The number of nitrogens with one attached hydrogen (secondary N) is 1. The number of para-hydroxylation sites is 1. The first kappa shape index (κ1) is 27.0. The lowest BCUT2D eigenvalue weighted by Gasteiger charge is -2.24.